The second-order valence-electron chi connectivity index (χ2n) is 6.87. The highest BCUT2D eigenvalue weighted by Gasteiger charge is 2.24. The number of aromatic nitrogens is 2. The van der Waals surface area contributed by atoms with Gasteiger partial charge in [0.25, 0.3) is 5.91 Å². The summed E-state index contributed by atoms with van der Waals surface area (Å²) >= 11 is 1.55. The van der Waals surface area contributed by atoms with Crippen LogP contribution in [-0.4, -0.2) is 35.6 Å². The zero-order valence-corrected chi connectivity index (χ0v) is 17.0. The Balaban J connectivity index is 1.67. The van der Waals surface area contributed by atoms with Gasteiger partial charge in [-0.05, 0) is 57.4 Å². The van der Waals surface area contributed by atoms with Crippen molar-refractivity contribution in [3.8, 4) is 5.75 Å². The van der Waals surface area contributed by atoms with E-state index >= 15 is 0 Å². The molecule has 4 rings (SSSR count). The van der Waals surface area contributed by atoms with Crippen LogP contribution < -0.4 is 15.0 Å². The van der Waals surface area contributed by atoms with Gasteiger partial charge in [-0.2, -0.15) is 0 Å². The molecule has 0 atom stereocenters. The summed E-state index contributed by atoms with van der Waals surface area (Å²) in [5.74, 6) is 1.55. The molecule has 1 amide bonds. The van der Waals surface area contributed by atoms with Gasteiger partial charge in [0, 0.05) is 23.7 Å². The van der Waals surface area contributed by atoms with Crippen LogP contribution in [0.15, 0.2) is 30.6 Å². The number of carbonyl (C=O) groups is 1. The molecule has 1 N–H and O–H groups in total. The minimum atomic E-state index is -0.124. The van der Waals surface area contributed by atoms with E-state index < -0.39 is 0 Å². The van der Waals surface area contributed by atoms with E-state index in [-0.39, 0.29) is 5.91 Å². The molecule has 0 bridgehead atoms. The largest absolute Gasteiger partial charge is 0.494 e. The van der Waals surface area contributed by atoms with Gasteiger partial charge in [0.1, 0.15) is 22.7 Å². The lowest BCUT2D eigenvalue weighted by Gasteiger charge is -2.28. The summed E-state index contributed by atoms with van der Waals surface area (Å²) in [7, 11) is 0. The first-order valence-corrected chi connectivity index (χ1v) is 10.5. The number of carbonyl (C=O) groups excluding carboxylic acids is 1. The second-order valence-corrected chi connectivity index (χ2v) is 8.07. The molecule has 1 fully saturated rings. The van der Waals surface area contributed by atoms with Crippen molar-refractivity contribution in [2.75, 3.05) is 29.9 Å². The van der Waals surface area contributed by atoms with Crippen LogP contribution in [0.5, 0.6) is 5.75 Å². The maximum Gasteiger partial charge on any atom is 0.257 e. The fourth-order valence-electron chi connectivity index (χ4n) is 3.64. The van der Waals surface area contributed by atoms with Crippen LogP contribution in [-0.2, 0) is 0 Å². The monoisotopic (exact) mass is 396 g/mol. The Morgan fingerprint density at radius 1 is 1.18 bits per heavy atom. The van der Waals surface area contributed by atoms with Crippen LogP contribution in [0, 0.1) is 6.92 Å². The number of benzene rings is 1. The van der Waals surface area contributed by atoms with Gasteiger partial charge in [-0.15, -0.1) is 11.3 Å². The van der Waals surface area contributed by atoms with E-state index in [9.17, 15) is 4.79 Å². The summed E-state index contributed by atoms with van der Waals surface area (Å²) in [6, 6.07) is 7.43. The van der Waals surface area contributed by atoms with Crippen molar-refractivity contribution in [2.45, 2.75) is 33.1 Å². The SMILES string of the molecule is CCOc1ccc(NC(=O)c2c(C)sc3ncnc(N4CCCCC4)c23)cc1. The Morgan fingerprint density at radius 2 is 1.93 bits per heavy atom. The minimum absolute atomic E-state index is 0.124. The molecule has 1 aliphatic heterocycles. The number of amides is 1. The van der Waals surface area contributed by atoms with Crippen molar-refractivity contribution in [1.29, 1.82) is 0 Å². The fraction of sp³-hybridized carbons (Fsp3) is 0.381. The van der Waals surface area contributed by atoms with Crippen LogP contribution in [0.25, 0.3) is 10.2 Å². The van der Waals surface area contributed by atoms with Crippen molar-refractivity contribution in [3.63, 3.8) is 0 Å². The zero-order chi connectivity index (χ0) is 19.5. The van der Waals surface area contributed by atoms with E-state index in [2.05, 4.69) is 20.2 Å². The van der Waals surface area contributed by atoms with Gasteiger partial charge in [-0.25, -0.2) is 9.97 Å². The Hall–Kier alpha value is -2.67. The number of piperidine rings is 1. The fourth-order valence-corrected chi connectivity index (χ4v) is 4.62. The van der Waals surface area contributed by atoms with Crippen molar-refractivity contribution < 1.29 is 9.53 Å². The molecule has 2 aromatic heterocycles. The van der Waals surface area contributed by atoms with Crippen LogP contribution in [0.1, 0.15) is 41.4 Å². The number of hydrogen-bond acceptors (Lipinski definition) is 6. The molecule has 7 heteroatoms. The molecule has 3 aromatic rings. The summed E-state index contributed by atoms with van der Waals surface area (Å²) in [6.07, 6.45) is 5.17. The van der Waals surface area contributed by atoms with Crippen molar-refractivity contribution in [3.05, 3.63) is 41.0 Å². The second kappa shape index (κ2) is 8.14. The van der Waals surface area contributed by atoms with Gasteiger partial charge >= 0.3 is 0 Å². The summed E-state index contributed by atoms with van der Waals surface area (Å²) in [5.41, 5.74) is 1.42. The number of ether oxygens (including phenoxy) is 1. The third-order valence-corrected chi connectivity index (χ3v) is 5.96. The van der Waals surface area contributed by atoms with Crippen molar-refractivity contribution in [2.24, 2.45) is 0 Å². The molecule has 146 valence electrons. The molecule has 6 nitrogen and oxygen atoms in total. The molecule has 3 heterocycles. The standard InChI is InChI=1S/C21H24N4O2S/c1-3-27-16-9-7-15(8-10-16)24-20(26)17-14(2)28-21-18(17)19(22-13-23-21)25-11-5-4-6-12-25/h7-10,13H,3-6,11-12H2,1-2H3,(H,24,26). The van der Waals surface area contributed by atoms with E-state index in [0.29, 0.717) is 12.2 Å². The van der Waals surface area contributed by atoms with Gasteiger partial charge in [0.2, 0.25) is 0 Å². The van der Waals surface area contributed by atoms with Gasteiger partial charge in [-0.3, -0.25) is 4.79 Å². The Morgan fingerprint density at radius 3 is 2.64 bits per heavy atom. The van der Waals surface area contributed by atoms with E-state index in [4.69, 9.17) is 4.74 Å². The number of nitrogens with zero attached hydrogens (tertiary/aromatic N) is 3. The van der Waals surface area contributed by atoms with Crippen LogP contribution >= 0.6 is 11.3 Å². The average molecular weight is 397 g/mol. The summed E-state index contributed by atoms with van der Waals surface area (Å²) < 4.78 is 5.46. The Bertz CT molecular complexity index is 978. The summed E-state index contributed by atoms with van der Waals surface area (Å²) in [5, 5.41) is 3.89. The Labute approximate surface area is 168 Å². The highest BCUT2D eigenvalue weighted by atomic mass is 32.1. The number of anilines is 2. The molecule has 0 aliphatic carbocycles. The molecule has 1 aliphatic rings. The summed E-state index contributed by atoms with van der Waals surface area (Å²) in [4.78, 5) is 26.2. The van der Waals surface area contributed by atoms with E-state index in [1.165, 1.54) is 6.42 Å². The van der Waals surface area contributed by atoms with E-state index in [0.717, 1.165) is 58.3 Å². The highest BCUT2D eigenvalue weighted by molar-refractivity contribution is 7.19. The van der Waals surface area contributed by atoms with E-state index in [1.807, 2.05) is 38.1 Å². The van der Waals surface area contributed by atoms with Gasteiger partial charge in [0.15, 0.2) is 0 Å². The van der Waals surface area contributed by atoms with Crippen LogP contribution in [0.4, 0.5) is 11.5 Å². The number of rotatable bonds is 5. The smallest absolute Gasteiger partial charge is 0.257 e. The molecule has 0 unspecified atom stereocenters. The third-order valence-electron chi connectivity index (χ3n) is 4.95. The average Bonchev–Trinajstić information content (AvgIpc) is 3.06. The van der Waals surface area contributed by atoms with E-state index in [1.54, 1.807) is 17.7 Å². The van der Waals surface area contributed by atoms with Crippen molar-refractivity contribution >= 4 is 39.0 Å². The number of aryl methyl sites for hydroxylation is 1. The van der Waals surface area contributed by atoms with Gasteiger partial charge < -0.3 is 15.0 Å². The maximum atomic E-state index is 13.1. The molecular formula is C21H24N4O2S. The van der Waals surface area contributed by atoms with Crippen molar-refractivity contribution in [1.82, 2.24) is 9.97 Å². The normalized spacial score (nSPS) is 14.3. The quantitative estimate of drug-likeness (QED) is 0.680. The van der Waals surface area contributed by atoms with Gasteiger partial charge in [-0.1, -0.05) is 0 Å². The Kier molecular flexibility index (Phi) is 5.43. The number of thiophene rings is 1. The molecular weight excluding hydrogens is 372 g/mol. The first kappa shape index (κ1) is 18.7. The molecule has 28 heavy (non-hydrogen) atoms. The molecule has 0 spiro atoms. The first-order chi connectivity index (χ1) is 13.7. The number of hydrogen-bond donors (Lipinski definition) is 1. The number of nitrogens with one attached hydrogen (secondary N) is 1. The van der Waals surface area contributed by atoms with Crippen LogP contribution in [0.3, 0.4) is 0 Å². The molecule has 1 saturated heterocycles. The predicted molar refractivity (Wildman–Crippen MR) is 114 cm³/mol. The lowest BCUT2D eigenvalue weighted by Crippen LogP contribution is -2.30. The van der Waals surface area contributed by atoms with Crippen LogP contribution in [0.2, 0.25) is 0 Å². The minimum Gasteiger partial charge on any atom is -0.494 e. The maximum absolute atomic E-state index is 13.1. The molecule has 0 saturated carbocycles. The van der Waals surface area contributed by atoms with Gasteiger partial charge in [0.05, 0.1) is 17.6 Å². The third kappa shape index (κ3) is 3.67. The predicted octanol–water partition coefficient (Wildman–Crippen LogP) is 4.64. The first-order valence-electron chi connectivity index (χ1n) is 9.70. The number of fused-ring (bicyclic) bond motifs is 1. The zero-order valence-electron chi connectivity index (χ0n) is 16.2. The topological polar surface area (TPSA) is 67.3 Å². The lowest BCUT2D eigenvalue weighted by molar-refractivity contribution is 0.102. The molecule has 1 aromatic carbocycles. The molecule has 0 radical (unpaired) electrons. The lowest BCUT2D eigenvalue weighted by atomic mass is 10.1. The highest BCUT2D eigenvalue weighted by Crippen LogP contribution is 2.36. The summed E-state index contributed by atoms with van der Waals surface area (Å²) in [6.45, 7) is 6.48.